The first-order chi connectivity index (χ1) is 16.4. The second kappa shape index (κ2) is 9.03. The first-order valence-corrected chi connectivity index (χ1v) is 12.4. The Balaban J connectivity index is 1.75. The van der Waals surface area contributed by atoms with E-state index in [9.17, 15) is 19.2 Å². The summed E-state index contributed by atoms with van der Waals surface area (Å²) in [5.74, 6) is -0.663. The van der Waals surface area contributed by atoms with Gasteiger partial charge in [-0.05, 0) is 59.5 Å². The number of hydrogen-bond acceptors (Lipinski definition) is 7. The van der Waals surface area contributed by atoms with Crippen LogP contribution in [-0.2, 0) is 36.7 Å². The molecular formula is C27H36N2O6. The number of aromatic nitrogens is 2. The van der Waals surface area contributed by atoms with Crippen LogP contribution in [0, 0.1) is 34.5 Å². The number of fused-ring (bicyclic) bond motifs is 2. The lowest BCUT2D eigenvalue weighted by molar-refractivity contribution is -0.152. The van der Waals surface area contributed by atoms with Crippen LogP contribution in [0.25, 0.3) is 0 Å². The predicted molar refractivity (Wildman–Crippen MR) is 127 cm³/mol. The van der Waals surface area contributed by atoms with Gasteiger partial charge in [0.2, 0.25) is 5.91 Å². The Morgan fingerprint density at radius 3 is 2.37 bits per heavy atom. The van der Waals surface area contributed by atoms with Crippen molar-refractivity contribution in [1.82, 2.24) is 9.78 Å². The Bertz CT molecular complexity index is 1090. The summed E-state index contributed by atoms with van der Waals surface area (Å²) < 4.78 is 12.6. The molecular weight excluding hydrogens is 448 g/mol. The van der Waals surface area contributed by atoms with E-state index in [1.807, 2.05) is 0 Å². The zero-order valence-corrected chi connectivity index (χ0v) is 21.4. The Kier molecular flexibility index (Phi) is 6.53. The van der Waals surface area contributed by atoms with Gasteiger partial charge in [0, 0.05) is 39.0 Å². The lowest BCUT2D eigenvalue weighted by Gasteiger charge is -2.55. The van der Waals surface area contributed by atoms with E-state index in [-0.39, 0.29) is 71.3 Å². The van der Waals surface area contributed by atoms with Gasteiger partial charge in [-0.3, -0.25) is 19.2 Å². The molecule has 1 heterocycles. The molecule has 4 rings (SSSR count). The van der Waals surface area contributed by atoms with Crippen LogP contribution in [0.1, 0.15) is 69.9 Å². The first kappa shape index (κ1) is 25.3. The second-order valence-electron chi connectivity index (χ2n) is 11.2. The average Bonchev–Trinajstić information content (AvgIpc) is 3.28. The van der Waals surface area contributed by atoms with Gasteiger partial charge in [-0.1, -0.05) is 20.4 Å². The molecule has 0 bridgehead atoms. The quantitative estimate of drug-likeness (QED) is 0.465. The Morgan fingerprint density at radius 2 is 1.74 bits per heavy atom. The molecule has 190 valence electrons. The molecule has 0 unspecified atom stereocenters. The molecule has 0 aliphatic heterocycles. The molecule has 3 aliphatic carbocycles. The Labute approximate surface area is 206 Å². The van der Waals surface area contributed by atoms with Crippen molar-refractivity contribution in [2.45, 2.75) is 66.7 Å². The minimum atomic E-state index is -0.344. The van der Waals surface area contributed by atoms with Gasteiger partial charge in [0.1, 0.15) is 0 Å². The molecule has 0 spiro atoms. The molecule has 1 aromatic rings. The van der Waals surface area contributed by atoms with Crippen molar-refractivity contribution >= 4 is 23.6 Å². The van der Waals surface area contributed by atoms with Crippen molar-refractivity contribution in [2.24, 2.45) is 34.5 Å². The lowest BCUT2D eigenvalue weighted by Crippen LogP contribution is -2.53. The standard InChI is InChI=1S/C27H36N2O6/c1-15-25(33)10-23-21(14-35-18(4)32)22(7-8-26(15,23)5)27(6)11-19-12-28-29(16(2)30)24(19)9-20(27)13-34-17(3)31/h12,20-23H,1,7-11,13-14H2,2-6H3/t20-,21-,22+,23+,26-,27+/m1/s1. The highest BCUT2D eigenvalue weighted by atomic mass is 16.5. The molecule has 2 fully saturated rings. The third-order valence-electron chi connectivity index (χ3n) is 9.27. The minimum absolute atomic E-state index is 0.0323. The number of ketones is 1. The van der Waals surface area contributed by atoms with Crippen molar-refractivity contribution in [3.8, 4) is 0 Å². The van der Waals surface area contributed by atoms with E-state index in [1.165, 1.54) is 25.5 Å². The van der Waals surface area contributed by atoms with E-state index in [4.69, 9.17) is 9.47 Å². The van der Waals surface area contributed by atoms with Crippen LogP contribution < -0.4 is 0 Å². The maximum atomic E-state index is 12.8. The van der Waals surface area contributed by atoms with E-state index >= 15 is 0 Å². The molecule has 1 aromatic heterocycles. The molecule has 3 aliphatic rings. The van der Waals surface area contributed by atoms with Gasteiger partial charge in [0.15, 0.2) is 5.78 Å². The summed E-state index contributed by atoms with van der Waals surface area (Å²) in [6.45, 7) is 13.2. The SMILES string of the molecule is C=C1C(=O)C[C@H]2[C@H](COC(C)=O)[C@@H]([C@@]3(C)Cc4cnn(C(C)=O)c4C[C@@H]3COC(C)=O)CC[C@]12C. The Hall–Kier alpha value is -2.77. The summed E-state index contributed by atoms with van der Waals surface area (Å²) in [4.78, 5) is 48.5. The molecule has 8 nitrogen and oxygen atoms in total. The van der Waals surface area contributed by atoms with Crippen LogP contribution in [0.3, 0.4) is 0 Å². The zero-order chi connectivity index (χ0) is 25.7. The monoisotopic (exact) mass is 484 g/mol. The smallest absolute Gasteiger partial charge is 0.302 e. The van der Waals surface area contributed by atoms with E-state index in [2.05, 4.69) is 25.5 Å². The zero-order valence-electron chi connectivity index (χ0n) is 21.4. The van der Waals surface area contributed by atoms with Gasteiger partial charge in [-0.2, -0.15) is 5.10 Å². The van der Waals surface area contributed by atoms with Crippen LogP contribution in [-0.4, -0.2) is 46.6 Å². The molecule has 0 N–H and O–H groups in total. The lowest BCUT2D eigenvalue weighted by atomic mass is 9.49. The molecule has 0 amide bonds. The van der Waals surface area contributed by atoms with Gasteiger partial charge in [0.25, 0.3) is 0 Å². The third kappa shape index (κ3) is 4.25. The van der Waals surface area contributed by atoms with Gasteiger partial charge in [-0.15, -0.1) is 0 Å². The van der Waals surface area contributed by atoms with Gasteiger partial charge < -0.3 is 9.47 Å². The summed E-state index contributed by atoms with van der Waals surface area (Å²) in [5, 5.41) is 4.33. The van der Waals surface area contributed by atoms with E-state index < -0.39 is 0 Å². The second-order valence-corrected chi connectivity index (χ2v) is 11.2. The van der Waals surface area contributed by atoms with Crippen molar-refractivity contribution in [3.05, 3.63) is 29.6 Å². The number of esters is 2. The molecule has 2 saturated carbocycles. The normalized spacial score (nSPS) is 34.2. The maximum Gasteiger partial charge on any atom is 0.302 e. The molecule has 0 radical (unpaired) electrons. The highest BCUT2D eigenvalue weighted by molar-refractivity contribution is 5.99. The molecule has 8 heteroatoms. The summed E-state index contributed by atoms with van der Waals surface area (Å²) >= 11 is 0. The van der Waals surface area contributed by atoms with E-state index in [0.29, 0.717) is 24.8 Å². The number of carbonyl (C=O) groups excluding carboxylic acids is 4. The number of nitrogens with zero attached hydrogens (tertiary/aromatic N) is 2. The van der Waals surface area contributed by atoms with Gasteiger partial charge >= 0.3 is 11.9 Å². The Morgan fingerprint density at radius 1 is 1.09 bits per heavy atom. The fourth-order valence-corrected chi connectivity index (χ4v) is 7.23. The molecule has 0 aromatic carbocycles. The number of ether oxygens (including phenoxy) is 2. The maximum absolute atomic E-state index is 12.8. The molecule has 35 heavy (non-hydrogen) atoms. The summed E-state index contributed by atoms with van der Waals surface area (Å²) in [6, 6.07) is 0. The number of carbonyl (C=O) groups is 4. The fourth-order valence-electron chi connectivity index (χ4n) is 7.23. The summed E-state index contributed by atoms with van der Waals surface area (Å²) in [7, 11) is 0. The average molecular weight is 485 g/mol. The van der Waals surface area contributed by atoms with Crippen molar-refractivity contribution in [2.75, 3.05) is 13.2 Å². The first-order valence-electron chi connectivity index (χ1n) is 12.4. The molecule has 0 saturated heterocycles. The number of Topliss-reactive ketones (excluding diaryl/α,β-unsaturated/α-hetero) is 1. The van der Waals surface area contributed by atoms with Crippen molar-refractivity contribution in [1.29, 1.82) is 0 Å². The topological polar surface area (TPSA) is 105 Å². The van der Waals surface area contributed by atoms with Crippen LogP contribution in [0.4, 0.5) is 0 Å². The van der Waals surface area contributed by atoms with Crippen LogP contribution in [0.5, 0.6) is 0 Å². The summed E-state index contributed by atoms with van der Waals surface area (Å²) in [6.07, 6.45) is 5.08. The number of hydrogen-bond donors (Lipinski definition) is 0. The predicted octanol–water partition coefficient (Wildman–Crippen LogP) is 3.57. The highest BCUT2D eigenvalue weighted by Gasteiger charge is 2.59. The molecule has 6 atom stereocenters. The van der Waals surface area contributed by atoms with Gasteiger partial charge in [0.05, 0.1) is 25.1 Å². The van der Waals surface area contributed by atoms with Crippen LogP contribution >= 0.6 is 0 Å². The largest absolute Gasteiger partial charge is 0.466 e. The van der Waals surface area contributed by atoms with E-state index in [0.717, 1.165) is 24.1 Å². The number of rotatable bonds is 5. The van der Waals surface area contributed by atoms with Crippen LogP contribution in [0.15, 0.2) is 18.3 Å². The third-order valence-corrected chi connectivity index (χ3v) is 9.27. The minimum Gasteiger partial charge on any atom is -0.466 e. The van der Waals surface area contributed by atoms with Crippen LogP contribution in [0.2, 0.25) is 0 Å². The van der Waals surface area contributed by atoms with Crippen molar-refractivity contribution in [3.63, 3.8) is 0 Å². The van der Waals surface area contributed by atoms with Crippen molar-refractivity contribution < 1.29 is 28.7 Å². The fraction of sp³-hybridized carbons (Fsp3) is 0.667. The number of allylic oxidation sites excluding steroid dienone is 1. The van der Waals surface area contributed by atoms with E-state index in [1.54, 1.807) is 6.20 Å². The highest BCUT2D eigenvalue weighted by Crippen LogP contribution is 2.62. The summed E-state index contributed by atoms with van der Waals surface area (Å²) in [5.41, 5.74) is 1.96. The van der Waals surface area contributed by atoms with Gasteiger partial charge in [-0.25, -0.2) is 4.68 Å².